The third-order valence-electron chi connectivity index (χ3n) is 4.07. The first-order chi connectivity index (χ1) is 13.5. The Kier molecular flexibility index (Phi) is 4.74. The first-order valence-corrected chi connectivity index (χ1v) is 9.44. The minimum absolute atomic E-state index is 0.266. The second-order valence-electron chi connectivity index (χ2n) is 6.19. The van der Waals surface area contributed by atoms with Crippen LogP contribution in [0.3, 0.4) is 0 Å². The van der Waals surface area contributed by atoms with Gasteiger partial charge in [-0.2, -0.15) is 0 Å². The summed E-state index contributed by atoms with van der Waals surface area (Å²) in [6, 6.07) is 7.41. The van der Waals surface area contributed by atoms with Gasteiger partial charge in [0.15, 0.2) is 0 Å². The number of rotatable bonds is 5. The number of hydrogen-bond acceptors (Lipinski definition) is 9. The van der Waals surface area contributed by atoms with Crippen molar-refractivity contribution in [2.75, 3.05) is 5.32 Å². The number of nitrogens with one attached hydrogen (secondary N) is 2. The highest BCUT2D eigenvalue weighted by Gasteiger charge is 2.10. The van der Waals surface area contributed by atoms with Crippen molar-refractivity contribution in [2.45, 2.75) is 24.8 Å². The molecule has 4 rings (SSSR count). The molecule has 4 aromatic rings. The van der Waals surface area contributed by atoms with Gasteiger partial charge in [-0.15, -0.1) is 5.10 Å². The molecule has 3 aromatic heterocycles. The average Bonchev–Trinajstić information content (AvgIpc) is 3.05. The molecule has 0 aliphatic carbocycles. The topological polar surface area (TPSA) is 127 Å². The van der Waals surface area contributed by atoms with Crippen LogP contribution in [0, 0.1) is 13.8 Å². The highest BCUT2D eigenvalue weighted by Crippen LogP contribution is 2.22. The minimum Gasteiger partial charge on any atom is -0.294 e. The lowest BCUT2D eigenvalue weighted by molar-refractivity contribution is 0.664. The van der Waals surface area contributed by atoms with Gasteiger partial charge in [-0.05, 0) is 29.8 Å². The number of aromatic nitrogens is 8. The number of thioether (sulfide) groups is 1. The SMILES string of the molecule is Cc1nc(Nc2nc(CSc3nnnn3C)cc(=O)[nH]2)nc2c(C)cccc12. The molecule has 2 N–H and O–H groups in total. The van der Waals surface area contributed by atoms with E-state index < -0.39 is 0 Å². The molecule has 0 fully saturated rings. The fourth-order valence-electron chi connectivity index (χ4n) is 2.73. The second kappa shape index (κ2) is 7.35. The highest BCUT2D eigenvalue weighted by atomic mass is 32.2. The maximum Gasteiger partial charge on any atom is 0.252 e. The smallest absolute Gasteiger partial charge is 0.252 e. The highest BCUT2D eigenvalue weighted by molar-refractivity contribution is 7.98. The number of aryl methyl sites for hydroxylation is 3. The van der Waals surface area contributed by atoms with Crippen LogP contribution in [0.25, 0.3) is 10.9 Å². The zero-order valence-corrected chi connectivity index (χ0v) is 16.3. The van der Waals surface area contributed by atoms with Crippen molar-refractivity contribution >= 4 is 34.6 Å². The molecule has 3 heterocycles. The maximum atomic E-state index is 12.0. The van der Waals surface area contributed by atoms with Crippen LogP contribution >= 0.6 is 11.8 Å². The average molecular weight is 395 g/mol. The predicted molar refractivity (Wildman–Crippen MR) is 106 cm³/mol. The van der Waals surface area contributed by atoms with Gasteiger partial charge in [-0.3, -0.25) is 15.1 Å². The van der Waals surface area contributed by atoms with Crippen molar-refractivity contribution in [1.82, 2.24) is 40.1 Å². The molecule has 11 heteroatoms. The number of fused-ring (bicyclic) bond motifs is 1. The maximum absolute atomic E-state index is 12.0. The third-order valence-corrected chi connectivity index (χ3v) is 5.12. The number of H-pyrrole nitrogens is 1. The molecule has 0 spiro atoms. The Hall–Kier alpha value is -3.34. The van der Waals surface area contributed by atoms with E-state index in [2.05, 4.69) is 40.8 Å². The third kappa shape index (κ3) is 3.69. The van der Waals surface area contributed by atoms with Crippen molar-refractivity contribution in [3.05, 3.63) is 51.6 Å². The summed E-state index contributed by atoms with van der Waals surface area (Å²) >= 11 is 1.39. The molecule has 0 unspecified atom stereocenters. The summed E-state index contributed by atoms with van der Waals surface area (Å²) in [7, 11) is 1.75. The van der Waals surface area contributed by atoms with E-state index >= 15 is 0 Å². The fraction of sp³-hybridized carbons (Fsp3) is 0.235. The summed E-state index contributed by atoms with van der Waals surface area (Å²) in [5.41, 5.74) is 3.09. The molecule has 0 saturated heterocycles. The van der Waals surface area contributed by atoms with Gasteiger partial charge < -0.3 is 0 Å². The van der Waals surface area contributed by atoms with Crippen LogP contribution in [-0.4, -0.2) is 40.1 Å². The number of nitrogens with zero attached hydrogens (tertiary/aromatic N) is 7. The number of aromatic amines is 1. The Labute approximate surface area is 163 Å². The summed E-state index contributed by atoms with van der Waals surface area (Å²) in [6.45, 7) is 3.92. The van der Waals surface area contributed by atoms with Gasteiger partial charge in [0.05, 0.1) is 16.9 Å². The first-order valence-electron chi connectivity index (χ1n) is 8.46. The van der Waals surface area contributed by atoms with Gasteiger partial charge in [-0.25, -0.2) is 19.6 Å². The van der Waals surface area contributed by atoms with E-state index in [9.17, 15) is 4.79 Å². The zero-order valence-electron chi connectivity index (χ0n) is 15.5. The number of benzene rings is 1. The minimum atomic E-state index is -0.266. The molecular weight excluding hydrogens is 378 g/mol. The van der Waals surface area contributed by atoms with Crippen molar-refractivity contribution < 1.29 is 0 Å². The van der Waals surface area contributed by atoms with Crippen LogP contribution in [0.15, 0.2) is 34.2 Å². The van der Waals surface area contributed by atoms with Gasteiger partial charge >= 0.3 is 0 Å². The molecule has 0 aliphatic rings. The second-order valence-corrected chi connectivity index (χ2v) is 7.13. The Morgan fingerprint density at radius 3 is 2.86 bits per heavy atom. The molecule has 0 aliphatic heterocycles. The summed E-state index contributed by atoms with van der Waals surface area (Å²) in [5.74, 6) is 1.11. The van der Waals surface area contributed by atoms with E-state index in [1.807, 2.05) is 32.0 Å². The van der Waals surface area contributed by atoms with E-state index in [0.717, 1.165) is 22.2 Å². The molecule has 0 amide bonds. The molecule has 0 radical (unpaired) electrons. The van der Waals surface area contributed by atoms with E-state index in [1.54, 1.807) is 11.7 Å². The summed E-state index contributed by atoms with van der Waals surface area (Å²) in [5, 5.41) is 15.9. The number of para-hydroxylation sites is 1. The van der Waals surface area contributed by atoms with Crippen LogP contribution in [-0.2, 0) is 12.8 Å². The quantitative estimate of drug-likeness (QED) is 0.487. The molecule has 1 aromatic carbocycles. The van der Waals surface area contributed by atoms with Gasteiger partial charge in [-0.1, -0.05) is 30.0 Å². The van der Waals surface area contributed by atoms with Crippen molar-refractivity contribution in [3.63, 3.8) is 0 Å². The molecule has 0 bridgehead atoms. The molecular formula is C17H17N9OS. The Morgan fingerprint density at radius 1 is 1.21 bits per heavy atom. The van der Waals surface area contributed by atoms with Gasteiger partial charge in [0.2, 0.25) is 17.1 Å². The fourth-order valence-corrected chi connectivity index (χ4v) is 3.48. The Morgan fingerprint density at radius 2 is 2.07 bits per heavy atom. The van der Waals surface area contributed by atoms with Gasteiger partial charge in [0, 0.05) is 24.3 Å². The molecule has 0 atom stereocenters. The zero-order chi connectivity index (χ0) is 19.7. The summed E-state index contributed by atoms with van der Waals surface area (Å²) in [4.78, 5) is 28.2. The predicted octanol–water partition coefficient (Wildman–Crippen LogP) is 1.89. The lowest BCUT2D eigenvalue weighted by Crippen LogP contribution is -2.13. The van der Waals surface area contributed by atoms with Crippen LogP contribution < -0.4 is 10.9 Å². The first kappa shape index (κ1) is 18.0. The standard InChI is InChI=1S/C17H17N9OS/c1-9-5-4-6-12-10(2)18-15(21-14(9)12)22-16-19-11(7-13(27)20-16)8-28-17-23-24-25-26(17)3/h4-7H,8H2,1-3H3,(H2,18,19,20,21,22,27). The van der Waals surface area contributed by atoms with Gasteiger partial charge in [0.1, 0.15) is 0 Å². The van der Waals surface area contributed by atoms with E-state index in [-0.39, 0.29) is 11.5 Å². The number of tetrazole rings is 1. The molecule has 28 heavy (non-hydrogen) atoms. The van der Waals surface area contributed by atoms with Crippen LogP contribution in [0.1, 0.15) is 17.0 Å². The monoisotopic (exact) mass is 395 g/mol. The van der Waals surface area contributed by atoms with Crippen molar-refractivity contribution in [1.29, 1.82) is 0 Å². The van der Waals surface area contributed by atoms with Crippen LogP contribution in [0.4, 0.5) is 11.9 Å². The lowest BCUT2D eigenvalue weighted by Gasteiger charge is -2.09. The molecule has 10 nitrogen and oxygen atoms in total. The Bertz CT molecular complexity index is 1220. The Balaban J connectivity index is 1.60. The van der Waals surface area contributed by atoms with Crippen LogP contribution in [0.2, 0.25) is 0 Å². The van der Waals surface area contributed by atoms with E-state index in [4.69, 9.17) is 0 Å². The largest absolute Gasteiger partial charge is 0.294 e. The number of anilines is 2. The lowest BCUT2D eigenvalue weighted by atomic mass is 10.1. The normalized spacial score (nSPS) is 11.1. The van der Waals surface area contributed by atoms with E-state index in [0.29, 0.717) is 22.6 Å². The van der Waals surface area contributed by atoms with Crippen molar-refractivity contribution in [3.8, 4) is 0 Å². The molecule has 142 valence electrons. The summed E-state index contributed by atoms with van der Waals surface area (Å²) in [6.07, 6.45) is 0. The van der Waals surface area contributed by atoms with Gasteiger partial charge in [0.25, 0.3) is 5.56 Å². The molecule has 0 saturated carbocycles. The van der Waals surface area contributed by atoms with Crippen LogP contribution in [0.5, 0.6) is 0 Å². The number of hydrogen-bond donors (Lipinski definition) is 2. The van der Waals surface area contributed by atoms with E-state index in [1.165, 1.54) is 17.8 Å². The summed E-state index contributed by atoms with van der Waals surface area (Å²) < 4.78 is 1.56. The van der Waals surface area contributed by atoms with Crippen molar-refractivity contribution in [2.24, 2.45) is 7.05 Å².